The van der Waals surface area contributed by atoms with Crippen LogP contribution in [-0.2, 0) is 19.1 Å². The Balaban J connectivity index is 2.30. The Morgan fingerprint density at radius 3 is 2.24 bits per heavy atom. The maximum Gasteiger partial charge on any atom is 0.407 e. The van der Waals surface area contributed by atoms with Gasteiger partial charge in [0.2, 0.25) is 0 Å². The van der Waals surface area contributed by atoms with E-state index in [-0.39, 0.29) is 19.6 Å². The third-order valence-corrected chi connectivity index (χ3v) is 3.11. The number of hydrogen-bond donors (Lipinski definition) is 2. The molecule has 1 aromatic carbocycles. The number of nitrogens with one attached hydrogen (secondary N) is 2. The Morgan fingerprint density at radius 2 is 1.68 bits per heavy atom. The van der Waals surface area contributed by atoms with E-state index in [9.17, 15) is 14.4 Å². The van der Waals surface area contributed by atoms with Crippen LogP contribution in [0.5, 0.6) is 0 Å². The average molecular weight is 350 g/mol. The van der Waals surface area contributed by atoms with E-state index in [0.717, 1.165) is 16.8 Å². The fraction of sp³-hybridized carbons (Fsp3) is 0.500. The largest absolute Gasteiger partial charge is 0.456 e. The molecular weight excluding hydrogens is 324 g/mol. The van der Waals surface area contributed by atoms with Crippen LogP contribution in [0.15, 0.2) is 18.2 Å². The topological polar surface area (TPSA) is 93.7 Å². The minimum Gasteiger partial charge on any atom is -0.456 e. The van der Waals surface area contributed by atoms with Gasteiger partial charge in [0.25, 0.3) is 5.91 Å². The molecule has 0 saturated carbocycles. The Kier molecular flexibility index (Phi) is 7.42. The van der Waals surface area contributed by atoms with Gasteiger partial charge in [-0.15, -0.1) is 0 Å². The predicted octanol–water partition coefficient (Wildman–Crippen LogP) is 2.70. The lowest BCUT2D eigenvalue weighted by Crippen LogP contribution is -2.34. The monoisotopic (exact) mass is 350 g/mol. The summed E-state index contributed by atoms with van der Waals surface area (Å²) in [6.07, 6.45) is -0.649. The number of aryl methyl sites for hydroxylation is 2. The Bertz CT molecular complexity index is 615. The molecule has 1 aromatic rings. The smallest absolute Gasteiger partial charge is 0.407 e. The van der Waals surface area contributed by atoms with Crippen molar-refractivity contribution in [2.24, 2.45) is 0 Å². The maximum atomic E-state index is 11.9. The molecule has 1 rings (SSSR count). The Labute approximate surface area is 148 Å². The molecular formula is C18H26N2O5. The van der Waals surface area contributed by atoms with Gasteiger partial charge in [-0.3, -0.25) is 9.59 Å². The number of amides is 2. The maximum absolute atomic E-state index is 11.9. The van der Waals surface area contributed by atoms with Crippen LogP contribution in [0, 0.1) is 13.8 Å². The van der Waals surface area contributed by atoms with Crippen LogP contribution in [0.2, 0.25) is 0 Å². The van der Waals surface area contributed by atoms with E-state index < -0.39 is 23.6 Å². The first-order valence-electron chi connectivity index (χ1n) is 8.07. The van der Waals surface area contributed by atoms with E-state index in [4.69, 9.17) is 9.47 Å². The van der Waals surface area contributed by atoms with Crippen LogP contribution in [0.25, 0.3) is 0 Å². The molecule has 0 fully saturated rings. The number of ether oxygens (including phenoxy) is 2. The highest BCUT2D eigenvalue weighted by atomic mass is 16.6. The van der Waals surface area contributed by atoms with Crippen molar-refractivity contribution in [1.29, 1.82) is 0 Å². The number of alkyl carbamates (subject to hydrolysis) is 1. The average Bonchev–Trinajstić information content (AvgIpc) is 2.47. The van der Waals surface area contributed by atoms with E-state index in [1.54, 1.807) is 20.8 Å². The Morgan fingerprint density at radius 1 is 1.08 bits per heavy atom. The molecule has 0 saturated heterocycles. The van der Waals surface area contributed by atoms with Crippen LogP contribution in [-0.4, -0.2) is 36.7 Å². The molecule has 0 unspecified atom stereocenters. The number of para-hydroxylation sites is 1. The van der Waals surface area contributed by atoms with E-state index in [2.05, 4.69) is 10.6 Å². The third kappa shape index (κ3) is 8.19. The molecule has 0 bridgehead atoms. The van der Waals surface area contributed by atoms with Crippen molar-refractivity contribution < 1.29 is 23.9 Å². The minimum absolute atomic E-state index is 0.0457. The number of anilines is 1. The van der Waals surface area contributed by atoms with Crippen molar-refractivity contribution in [3.8, 4) is 0 Å². The van der Waals surface area contributed by atoms with Crippen molar-refractivity contribution in [2.75, 3.05) is 18.5 Å². The Hall–Kier alpha value is -2.57. The van der Waals surface area contributed by atoms with E-state index in [1.807, 2.05) is 32.0 Å². The van der Waals surface area contributed by atoms with Gasteiger partial charge >= 0.3 is 12.1 Å². The quantitative estimate of drug-likeness (QED) is 0.769. The normalized spacial score (nSPS) is 10.8. The number of carbonyl (C=O) groups is 3. The molecule has 0 spiro atoms. The zero-order valence-electron chi connectivity index (χ0n) is 15.4. The number of benzene rings is 1. The molecule has 0 aliphatic carbocycles. The van der Waals surface area contributed by atoms with E-state index in [1.165, 1.54) is 0 Å². The summed E-state index contributed by atoms with van der Waals surface area (Å²) >= 11 is 0. The van der Waals surface area contributed by atoms with Gasteiger partial charge < -0.3 is 20.1 Å². The molecule has 7 nitrogen and oxygen atoms in total. The molecule has 25 heavy (non-hydrogen) atoms. The summed E-state index contributed by atoms with van der Waals surface area (Å²) in [6.45, 7) is 8.71. The van der Waals surface area contributed by atoms with Crippen LogP contribution in [0.4, 0.5) is 10.5 Å². The van der Waals surface area contributed by atoms with Crippen molar-refractivity contribution in [1.82, 2.24) is 5.32 Å². The van der Waals surface area contributed by atoms with Crippen molar-refractivity contribution in [3.05, 3.63) is 29.3 Å². The molecule has 0 heterocycles. The summed E-state index contributed by atoms with van der Waals surface area (Å²) in [6, 6.07) is 5.67. The van der Waals surface area contributed by atoms with Gasteiger partial charge in [0.05, 0.1) is 6.42 Å². The molecule has 7 heteroatoms. The highest BCUT2D eigenvalue weighted by molar-refractivity contribution is 5.94. The van der Waals surface area contributed by atoms with Crippen LogP contribution in [0.1, 0.15) is 38.3 Å². The number of hydrogen-bond acceptors (Lipinski definition) is 5. The fourth-order valence-corrected chi connectivity index (χ4v) is 1.99. The predicted molar refractivity (Wildman–Crippen MR) is 94.4 cm³/mol. The first-order valence-corrected chi connectivity index (χ1v) is 8.07. The molecule has 0 atom stereocenters. The van der Waals surface area contributed by atoms with Gasteiger partial charge in [0.1, 0.15) is 5.60 Å². The number of esters is 1. The van der Waals surface area contributed by atoms with Gasteiger partial charge in [-0.2, -0.15) is 0 Å². The second-order valence-corrected chi connectivity index (χ2v) is 6.65. The molecule has 0 radical (unpaired) electrons. The van der Waals surface area contributed by atoms with Gasteiger partial charge in [0, 0.05) is 12.2 Å². The van der Waals surface area contributed by atoms with Crippen molar-refractivity contribution >= 4 is 23.7 Å². The highest BCUT2D eigenvalue weighted by Gasteiger charge is 2.16. The number of rotatable bonds is 6. The van der Waals surface area contributed by atoms with Crippen molar-refractivity contribution in [2.45, 2.75) is 46.6 Å². The van der Waals surface area contributed by atoms with E-state index >= 15 is 0 Å². The zero-order chi connectivity index (χ0) is 19.0. The van der Waals surface area contributed by atoms with Crippen molar-refractivity contribution in [3.63, 3.8) is 0 Å². The fourth-order valence-electron chi connectivity index (χ4n) is 1.99. The van der Waals surface area contributed by atoms with Gasteiger partial charge in [-0.05, 0) is 45.7 Å². The molecule has 0 aromatic heterocycles. The van der Waals surface area contributed by atoms with Gasteiger partial charge in [-0.1, -0.05) is 18.2 Å². The summed E-state index contributed by atoms with van der Waals surface area (Å²) in [5.74, 6) is -0.987. The first-order chi connectivity index (χ1) is 11.6. The van der Waals surface area contributed by atoms with E-state index in [0.29, 0.717) is 0 Å². The second kappa shape index (κ2) is 9.05. The lowest BCUT2D eigenvalue weighted by molar-refractivity contribution is -0.147. The third-order valence-electron chi connectivity index (χ3n) is 3.11. The SMILES string of the molecule is Cc1cccc(C)c1NC(=O)COC(=O)CCNC(=O)OC(C)(C)C. The summed E-state index contributed by atoms with van der Waals surface area (Å²) in [5, 5.41) is 5.18. The lowest BCUT2D eigenvalue weighted by atomic mass is 10.1. The summed E-state index contributed by atoms with van der Waals surface area (Å²) in [5.41, 5.74) is 1.98. The standard InChI is InChI=1S/C18H26N2O5/c1-12-7-6-8-13(2)16(12)20-14(21)11-24-15(22)9-10-19-17(23)25-18(3,4)5/h6-8H,9-11H2,1-5H3,(H,19,23)(H,20,21). The summed E-state index contributed by atoms with van der Waals surface area (Å²) < 4.78 is 9.94. The van der Waals surface area contributed by atoms with Crippen LogP contribution in [0.3, 0.4) is 0 Å². The van der Waals surface area contributed by atoms with Crippen LogP contribution < -0.4 is 10.6 Å². The molecule has 138 valence electrons. The number of carbonyl (C=O) groups excluding carboxylic acids is 3. The first kappa shape index (κ1) is 20.5. The minimum atomic E-state index is -0.604. The molecule has 0 aliphatic heterocycles. The van der Waals surface area contributed by atoms with Gasteiger partial charge in [0.15, 0.2) is 6.61 Å². The molecule has 2 amide bonds. The molecule has 0 aliphatic rings. The molecule has 2 N–H and O–H groups in total. The zero-order valence-corrected chi connectivity index (χ0v) is 15.4. The summed E-state index contributed by atoms with van der Waals surface area (Å²) in [4.78, 5) is 34.9. The van der Waals surface area contributed by atoms with Crippen LogP contribution >= 0.6 is 0 Å². The van der Waals surface area contributed by atoms with Gasteiger partial charge in [-0.25, -0.2) is 4.79 Å². The second-order valence-electron chi connectivity index (χ2n) is 6.65. The summed E-state index contributed by atoms with van der Waals surface area (Å²) in [7, 11) is 0. The lowest BCUT2D eigenvalue weighted by Gasteiger charge is -2.19. The highest BCUT2D eigenvalue weighted by Crippen LogP contribution is 2.19.